The number of hydrogen-bond acceptors (Lipinski definition) is 4. The van der Waals surface area contributed by atoms with Crippen LogP contribution in [0.2, 0.25) is 5.02 Å². The fraction of sp³-hybridized carbons (Fsp3) is 0.240. The van der Waals surface area contributed by atoms with E-state index < -0.39 is 0 Å². The van der Waals surface area contributed by atoms with Gasteiger partial charge in [0.05, 0.1) is 34.8 Å². The van der Waals surface area contributed by atoms with E-state index in [4.69, 9.17) is 16.3 Å². The molecule has 0 spiro atoms. The summed E-state index contributed by atoms with van der Waals surface area (Å²) in [6, 6.07) is 12.9. The summed E-state index contributed by atoms with van der Waals surface area (Å²) in [7, 11) is 1.37. The van der Waals surface area contributed by atoms with E-state index in [2.05, 4.69) is 10.1 Å². The maximum absolute atomic E-state index is 13.3. The fourth-order valence-electron chi connectivity index (χ4n) is 4.44. The number of halogens is 1. The lowest BCUT2D eigenvalue weighted by Crippen LogP contribution is -2.35. The number of amides is 1. The van der Waals surface area contributed by atoms with Crippen LogP contribution in [0.15, 0.2) is 42.5 Å². The number of aromatic amines is 1. The first kappa shape index (κ1) is 21.3. The van der Waals surface area contributed by atoms with E-state index in [1.807, 2.05) is 55.1 Å². The first-order chi connectivity index (χ1) is 15.9. The molecule has 0 atom stereocenters. The Morgan fingerprint density at radius 3 is 2.48 bits per heavy atom. The molecule has 0 radical (unpaired) electrons. The molecule has 1 aliphatic rings. The number of hydrogen-bond donors (Lipinski definition) is 1. The second kappa shape index (κ2) is 8.08. The van der Waals surface area contributed by atoms with Crippen LogP contribution >= 0.6 is 11.6 Å². The Balaban J connectivity index is 1.40. The third-order valence-electron chi connectivity index (χ3n) is 6.25. The summed E-state index contributed by atoms with van der Waals surface area (Å²) < 4.78 is 6.63. The molecule has 0 aliphatic carbocycles. The molecule has 1 N–H and O–H groups in total. The Bertz CT molecular complexity index is 1400. The number of nitrogens with one attached hydrogen (secondary N) is 1. The van der Waals surface area contributed by atoms with Gasteiger partial charge in [0, 0.05) is 47.2 Å². The third kappa shape index (κ3) is 3.58. The van der Waals surface area contributed by atoms with Crippen molar-refractivity contribution in [2.45, 2.75) is 26.8 Å². The average Bonchev–Trinajstić information content (AvgIpc) is 3.34. The number of benzene rings is 2. The lowest BCUT2D eigenvalue weighted by atomic mass is 10.0. The molecule has 4 aromatic rings. The molecule has 7 nitrogen and oxygen atoms in total. The number of carbonyl (C=O) groups is 2. The van der Waals surface area contributed by atoms with Gasteiger partial charge in [-0.15, -0.1) is 0 Å². The average molecular weight is 463 g/mol. The monoisotopic (exact) mass is 462 g/mol. The Hall–Kier alpha value is -3.58. The predicted molar refractivity (Wildman–Crippen MR) is 126 cm³/mol. The Morgan fingerprint density at radius 2 is 1.82 bits per heavy atom. The van der Waals surface area contributed by atoms with E-state index >= 15 is 0 Å². The minimum atomic E-state index is -0.375. The van der Waals surface area contributed by atoms with E-state index in [0.717, 1.165) is 45.7 Å². The number of nitrogens with zero attached hydrogens (tertiary/aromatic N) is 3. The van der Waals surface area contributed by atoms with E-state index in [9.17, 15) is 9.59 Å². The van der Waals surface area contributed by atoms with Gasteiger partial charge in [0.2, 0.25) is 0 Å². The van der Waals surface area contributed by atoms with E-state index in [1.165, 1.54) is 7.11 Å². The van der Waals surface area contributed by atoms with Gasteiger partial charge in [-0.05, 0) is 56.3 Å². The number of aromatic nitrogens is 3. The molecular formula is C25H23ClN4O3. The van der Waals surface area contributed by atoms with Gasteiger partial charge < -0.3 is 14.6 Å². The Labute approximate surface area is 195 Å². The van der Waals surface area contributed by atoms with Crippen LogP contribution in [0.5, 0.6) is 0 Å². The van der Waals surface area contributed by atoms with Crippen LogP contribution in [-0.4, -0.2) is 45.2 Å². The van der Waals surface area contributed by atoms with Gasteiger partial charge in [-0.2, -0.15) is 5.10 Å². The highest BCUT2D eigenvalue weighted by Gasteiger charge is 2.25. The van der Waals surface area contributed by atoms with Crippen LogP contribution in [0.4, 0.5) is 0 Å². The van der Waals surface area contributed by atoms with Gasteiger partial charge in [-0.1, -0.05) is 11.6 Å². The molecular weight excluding hydrogens is 440 g/mol. The molecule has 0 fully saturated rings. The van der Waals surface area contributed by atoms with Crippen LogP contribution in [-0.2, 0) is 17.7 Å². The minimum Gasteiger partial charge on any atom is -0.465 e. The summed E-state index contributed by atoms with van der Waals surface area (Å²) in [6.07, 6.45) is 0.728. The number of esters is 1. The Morgan fingerprint density at radius 1 is 1.09 bits per heavy atom. The van der Waals surface area contributed by atoms with Crippen molar-refractivity contribution >= 4 is 34.4 Å². The maximum atomic E-state index is 13.3. The molecule has 0 bridgehead atoms. The molecule has 2 aromatic carbocycles. The lowest BCUT2D eigenvalue weighted by molar-refractivity contribution is 0.0600. The molecule has 33 heavy (non-hydrogen) atoms. The van der Waals surface area contributed by atoms with Gasteiger partial charge in [-0.25, -0.2) is 9.48 Å². The molecule has 0 saturated heterocycles. The molecule has 2 aromatic heterocycles. The lowest BCUT2D eigenvalue weighted by Gasteiger charge is -2.27. The SMILES string of the molecule is COC(=O)c1ccc2[nH]c3c(c2c1)CN(C(=O)c1ccc(-n2nc(C)c(Cl)c2C)cc1)CC3. The van der Waals surface area contributed by atoms with Crippen LogP contribution in [0, 0.1) is 13.8 Å². The number of H-pyrrole nitrogens is 1. The van der Waals surface area contributed by atoms with Gasteiger partial charge >= 0.3 is 5.97 Å². The van der Waals surface area contributed by atoms with E-state index in [1.54, 1.807) is 10.7 Å². The number of methoxy groups -OCH3 is 1. The van der Waals surface area contributed by atoms with E-state index in [0.29, 0.717) is 29.2 Å². The number of aryl methyl sites for hydroxylation is 1. The van der Waals surface area contributed by atoms with Crippen LogP contribution < -0.4 is 0 Å². The van der Waals surface area contributed by atoms with Crippen molar-refractivity contribution in [3.63, 3.8) is 0 Å². The smallest absolute Gasteiger partial charge is 0.337 e. The third-order valence-corrected chi connectivity index (χ3v) is 6.79. The maximum Gasteiger partial charge on any atom is 0.337 e. The number of fused-ring (bicyclic) bond motifs is 3. The Kier molecular flexibility index (Phi) is 5.21. The standard InChI is InChI=1S/C25H23ClN4O3/c1-14-23(26)15(2)30(28-14)18-7-4-16(5-8-18)24(31)29-11-10-22-20(13-29)19-12-17(25(32)33-3)6-9-21(19)27-22/h4-9,12,27H,10-11,13H2,1-3H3. The molecule has 5 rings (SSSR count). The summed E-state index contributed by atoms with van der Waals surface area (Å²) >= 11 is 6.27. The van der Waals surface area contributed by atoms with Crippen molar-refractivity contribution in [1.82, 2.24) is 19.7 Å². The summed E-state index contributed by atoms with van der Waals surface area (Å²) in [5.41, 5.74) is 6.70. The zero-order valence-electron chi connectivity index (χ0n) is 18.6. The molecule has 0 saturated carbocycles. The van der Waals surface area contributed by atoms with E-state index in [-0.39, 0.29) is 11.9 Å². The summed E-state index contributed by atoms with van der Waals surface area (Å²) in [5.74, 6) is -0.406. The highest BCUT2D eigenvalue weighted by molar-refractivity contribution is 6.31. The zero-order valence-corrected chi connectivity index (χ0v) is 19.4. The number of rotatable bonds is 3. The van der Waals surface area contributed by atoms with Crippen molar-refractivity contribution < 1.29 is 14.3 Å². The number of ether oxygens (including phenoxy) is 1. The largest absolute Gasteiger partial charge is 0.465 e. The topological polar surface area (TPSA) is 80.2 Å². The van der Waals surface area contributed by atoms with Crippen molar-refractivity contribution in [2.75, 3.05) is 13.7 Å². The molecule has 1 amide bonds. The molecule has 8 heteroatoms. The quantitative estimate of drug-likeness (QED) is 0.451. The van der Waals surface area contributed by atoms with Gasteiger partial charge in [0.25, 0.3) is 5.91 Å². The molecule has 3 heterocycles. The van der Waals surface area contributed by atoms with Gasteiger partial charge in [0.15, 0.2) is 0 Å². The number of carbonyl (C=O) groups excluding carboxylic acids is 2. The normalized spacial score (nSPS) is 13.3. The predicted octanol–water partition coefficient (Wildman–Crippen LogP) is 4.61. The van der Waals surface area contributed by atoms with Crippen molar-refractivity contribution in [3.05, 3.63) is 81.3 Å². The molecule has 0 unspecified atom stereocenters. The highest BCUT2D eigenvalue weighted by Crippen LogP contribution is 2.30. The molecule has 168 valence electrons. The van der Waals surface area contributed by atoms with Crippen LogP contribution in [0.3, 0.4) is 0 Å². The summed E-state index contributed by atoms with van der Waals surface area (Å²) in [4.78, 5) is 30.5. The van der Waals surface area contributed by atoms with Crippen molar-refractivity contribution in [1.29, 1.82) is 0 Å². The second-order valence-corrected chi connectivity index (χ2v) is 8.63. The minimum absolute atomic E-state index is 0.0305. The van der Waals surface area contributed by atoms with Gasteiger partial charge in [0.1, 0.15) is 0 Å². The van der Waals surface area contributed by atoms with Crippen LogP contribution in [0.1, 0.15) is 43.4 Å². The van der Waals surface area contributed by atoms with Crippen LogP contribution in [0.25, 0.3) is 16.6 Å². The molecule has 1 aliphatic heterocycles. The summed E-state index contributed by atoms with van der Waals surface area (Å²) in [5, 5.41) is 6.06. The van der Waals surface area contributed by atoms with Gasteiger partial charge in [-0.3, -0.25) is 4.79 Å². The highest BCUT2D eigenvalue weighted by atomic mass is 35.5. The van der Waals surface area contributed by atoms with Crippen molar-refractivity contribution in [3.8, 4) is 5.69 Å². The fourth-order valence-corrected chi connectivity index (χ4v) is 4.55. The first-order valence-corrected chi connectivity index (χ1v) is 11.1. The first-order valence-electron chi connectivity index (χ1n) is 10.7. The van der Waals surface area contributed by atoms with Crippen molar-refractivity contribution in [2.24, 2.45) is 0 Å². The zero-order chi connectivity index (χ0) is 23.3. The second-order valence-electron chi connectivity index (χ2n) is 8.25. The summed E-state index contributed by atoms with van der Waals surface area (Å²) in [6.45, 7) is 4.89.